The molecule has 0 aromatic heterocycles. The number of hydrogen-bond acceptors (Lipinski definition) is 4. The van der Waals surface area contributed by atoms with Crippen molar-refractivity contribution in [2.24, 2.45) is 0 Å². The number of carbonyl (C=O) groups is 1. The number of fused-ring (bicyclic) bond motifs is 2. The number of benzene rings is 2. The van der Waals surface area contributed by atoms with Crippen molar-refractivity contribution in [2.45, 2.75) is 81.7 Å². The molecular weight excluding hydrogens is 482 g/mol. The SMILES string of the molecule is CC(C(=O)N1CCc2ccccc2C12CCCC2)N1CCN(S(=O)(=O)c2ccc(C(C)(C)C)cc2)CC1. The van der Waals surface area contributed by atoms with E-state index in [9.17, 15) is 13.2 Å². The lowest BCUT2D eigenvalue weighted by Gasteiger charge is -2.48. The molecule has 1 aliphatic carbocycles. The van der Waals surface area contributed by atoms with Crippen LogP contribution in [0, 0.1) is 0 Å². The Labute approximate surface area is 222 Å². The van der Waals surface area contributed by atoms with E-state index >= 15 is 0 Å². The summed E-state index contributed by atoms with van der Waals surface area (Å²) in [6.07, 6.45) is 5.26. The van der Waals surface area contributed by atoms with Crippen molar-refractivity contribution in [3.8, 4) is 0 Å². The van der Waals surface area contributed by atoms with Gasteiger partial charge in [0.05, 0.1) is 16.5 Å². The monoisotopic (exact) mass is 523 g/mol. The quantitative estimate of drug-likeness (QED) is 0.591. The molecule has 2 aromatic rings. The molecule has 1 atom stereocenters. The minimum atomic E-state index is -3.55. The second kappa shape index (κ2) is 9.83. The fourth-order valence-electron chi connectivity index (χ4n) is 6.59. The van der Waals surface area contributed by atoms with E-state index in [0.29, 0.717) is 31.1 Å². The van der Waals surface area contributed by atoms with Crippen LogP contribution in [0.4, 0.5) is 0 Å². The molecule has 200 valence electrons. The Morgan fingerprint density at radius 2 is 1.51 bits per heavy atom. The van der Waals surface area contributed by atoms with Gasteiger partial charge in [-0.25, -0.2) is 8.42 Å². The Hall–Kier alpha value is -2.22. The van der Waals surface area contributed by atoms with Crippen LogP contribution in [-0.4, -0.2) is 67.2 Å². The lowest BCUT2D eigenvalue weighted by atomic mass is 9.79. The normalized spacial score (nSPS) is 21.7. The molecule has 1 saturated heterocycles. The summed E-state index contributed by atoms with van der Waals surface area (Å²) >= 11 is 0. The van der Waals surface area contributed by atoms with Crippen LogP contribution in [0.3, 0.4) is 0 Å². The van der Waals surface area contributed by atoms with Crippen molar-refractivity contribution < 1.29 is 13.2 Å². The molecule has 2 fully saturated rings. The van der Waals surface area contributed by atoms with Crippen molar-refractivity contribution in [1.82, 2.24) is 14.1 Å². The van der Waals surface area contributed by atoms with Gasteiger partial charge in [0.25, 0.3) is 0 Å². The highest BCUT2D eigenvalue weighted by Crippen LogP contribution is 2.48. The first-order valence-corrected chi connectivity index (χ1v) is 15.2. The summed E-state index contributed by atoms with van der Waals surface area (Å²) < 4.78 is 28.2. The highest BCUT2D eigenvalue weighted by Gasteiger charge is 2.48. The lowest BCUT2D eigenvalue weighted by Crippen LogP contribution is -2.60. The van der Waals surface area contributed by atoms with Crippen LogP contribution in [0.1, 0.15) is 70.1 Å². The van der Waals surface area contributed by atoms with E-state index in [0.717, 1.165) is 44.2 Å². The summed E-state index contributed by atoms with van der Waals surface area (Å²) in [6, 6.07) is 15.7. The third kappa shape index (κ3) is 4.75. The Morgan fingerprint density at radius 1 is 0.892 bits per heavy atom. The largest absolute Gasteiger partial charge is 0.331 e. The molecule has 0 N–H and O–H groups in total. The zero-order valence-electron chi connectivity index (χ0n) is 22.7. The first kappa shape index (κ1) is 26.4. The number of rotatable bonds is 4. The highest BCUT2D eigenvalue weighted by molar-refractivity contribution is 7.89. The van der Waals surface area contributed by atoms with E-state index in [1.807, 2.05) is 19.1 Å². The number of hydrogen-bond donors (Lipinski definition) is 0. The summed E-state index contributed by atoms with van der Waals surface area (Å²) in [4.78, 5) is 18.6. The van der Waals surface area contributed by atoms with E-state index in [4.69, 9.17) is 0 Å². The number of nitrogens with zero attached hydrogens (tertiary/aromatic N) is 3. The molecule has 1 saturated carbocycles. The maximum Gasteiger partial charge on any atom is 0.243 e. The topological polar surface area (TPSA) is 60.9 Å². The summed E-state index contributed by atoms with van der Waals surface area (Å²) in [5.74, 6) is 0.186. The predicted molar refractivity (Wildman–Crippen MR) is 147 cm³/mol. The van der Waals surface area contributed by atoms with Crippen molar-refractivity contribution in [3.63, 3.8) is 0 Å². The van der Waals surface area contributed by atoms with Crippen LogP contribution in [0.25, 0.3) is 0 Å². The van der Waals surface area contributed by atoms with Gasteiger partial charge in [-0.1, -0.05) is 70.0 Å². The van der Waals surface area contributed by atoms with Gasteiger partial charge in [-0.15, -0.1) is 0 Å². The van der Waals surface area contributed by atoms with E-state index < -0.39 is 10.0 Å². The van der Waals surface area contributed by atoms with Crippen LogP contribution in [0.15, 0.2) is 53.4 Å². The maximum atomic E-state index is 13.9. The van der Waals surface area contributed by atoms with Crippen LogP contribution in [0.2, 0.25) is 0 Å². The zero-order chi connectivity index (χ0) is 26.4. The molecule has 37 heavy (non-hydrogen) atoms. The Bertz CT molecular complexity index is 1240. The van der Waals surface area contributed by atoms with Crippen LogP contribution in [0.5, 0.6) is 0 Å². The van der Waals surface area contributed by atoms with E-state index in [2.05, 4.69) is 54.8 Å². The van der Waals surface area contributed by atoms with Gasteiger partial charge in [0.2, 0.25) is 15.9 Å². The highest BCUT2D eigenvalue weighted by atomic mass is 32.2. The minimum absolute atomic E-state index is 0.0237. The molecule has 1 unspecified atom stereocenters. The molecule has 6 nitrogen and oxygen atoms in total. The van der Waals surface area contributed by atoms with Gasteiger partial charge in [0.1, 0.15) is 0 Å². The first-order valence-electron chi connectivity index (χ1n) is 13.8. The number of amides is 1. The minimum Gasteiger partial charge on any atom is -0.331 e. The zero-order valence-corrected chi connectivity index (χ0v) is 23.6. The van der Waals surface area contributed by atoms with E-state index in [-0.39, 0.29) is 22.9 Å². The molecule has 2 aromatic carbocycles. The van der Waals surface area contributed by atoms with Crippen LogP contribution in [-0.2, 0) is 32.2 Å². The average molecular weight is 524 g/mol. The smallest absolute Gasteiger partial charge is 0.243 e. The van der Waals surface area contributed by atoms with Crippen molar-refractivity contribution >= 4 is 15.9 Å². The Morgan fingerprint density at radius 3 is 2.14 bits per heavy atom. The second-order valence-electron chi connectivity index (χ2n) is 12.0. The van der Waals surface area contributed by atoms with E-state index in [1.54, 1.807) is 16.4 Å². The number of sulfonamides is 1. The molecule has 2 heterocycles. The molecular formula is C30H41N3O3S. The number of piperazine rings is 1. The van der Waals surface area contributed by atoms with Crippen molar-refractivity contribution in [3.05, 3.63) is 65.2 Å². The third-order valence-electron chi connectivity index (χ3n) is 8.87. The van der Waals surface area contributed by atoms with E-state index in [1.165, 1.54) is 11.1 Å². The van der Waals surface area contributed by atoms with Crippen LogP contribution >= 0.6 is 0 Å². The van der Waals surface area contributed by atoms with Crippen molar-refractivity contribution in [1.29, 1.82) is 0 Å². The molecule has 0 radical (unpaired) electrons. The molecule has 7 heteroatoms. The lowest BCUT2D eigenvalue weighted by molar-refractivity contribution is -0.144. The molecule has 1 amide bonds. The van der Waals surface area contributed by atoms with Gasteiger partial charge in [-0.3, -0.25) is 9.69 Å². The fourth-order valence-corrected chi connectivity index (χ4v) is 8.02. The third-order valence-corrected chi connectivity index (χ3v) is 10.8. The summed E-state index contributed by atoms with van der Waals surface area (Å²) in [6.45, 7) is 11.0. The predicted octanol–water partition coefficient (Wildman–Crippen LogP) is 4.53. The molecule has 0 bridgehead atoms. The van der Waals surface area contributed by atoms with Crippen LogP contribution < -0.4 is 0 Å². The Kier molecular flexibility index (Phi) is 7.01. The molecule has 1 spiro atoms. The summed E-state index contributed by atoms with van der Waals surface area (Å²) in [5.41, 5.74) is 3.64. The van der Waals surface area contributed by atoms with Gasteiger partial charge in [0.15, 0.2) is 0 Å². The van der Waals surface area contributed by atoms with Gasteiger partial charge in [-0.05, 0) is 60.4 Å². The maximum absolute atomic E-state index is 13.9. The number of carbonyl (C=O) groups excluding carboxylic acids is 1. The standard InChI is InChI=1S/C30H41N3O3S/c1-23(28(34)33-18-15-24-9-5-6-10-27(24)30(33)16-7-8-17-30)31-19-21-32(22-20-31)37(35,36)26-13-11-25(12-14-26)29(2,3)4/h5-6,9-14,23H,7-8,15-22H2,1-4H3. The van der Waals surface area contributed by atoms with Gasteiger partial charge < -0.3 is 4.90 Å². The summed E-state index contributed by atoms with van der Waals surface area (Å²) in [7, 11) is -3.55. The first-order chi connectivity index (χ1) is 17.5. The fraction of sp³-hybridized carbons (Fsp3) is 0.567. The molecule has 3 aliphatic rings. The van der Waals surface area contributed by atoms with Crippen molar-refractivity contribution in [2.75, 3.05) is 32.7 Å². The molecule has 2 aliphatic heterocycles. The van der Waals surface area contributed by atoms with Gasteiger partial charge in [-0.2, -0.15) is 4.31 Å². The average Bonchev–Trinajstić information content (AvgIpc) is 3.38. The second-order valence-corrected chi connectivity index (χ2v) is 14.0. The molecule has 5 rings (SSSR count). The summed E-state index contributed by atoms with van der Waals surface area (Å²) in [5, 5.41) is 0. The van der Waals surface area contributed by atoms with Gasteiger partial charge in [0, 0.05) is 32.7 Å². The Balaban J connectivity index is 1.27. The van der Waals surface area contributed by atoms with Gasteiger partial charge >= 0.3 is 0 Å².